The lowest BCUT2D eigenvalue weighted by atomic mass is 10.0. The van der Waals surface area contributed by atoms with Crippen molar-refractivity contribution in [3.8, 4) is 5.75 Å². The smallest absolute Gasteiger partial charge is 0.309 e. The number of halogens is 1. The van der Waals surface area contributed by atoms with Crippen LogP contribution in [0.25, 0.3) is 21.7 Å². The fraction of sp³-hybridized carbons (Fsp3) is 0.212. The van der Waals surface area contributed by atoms with Gasteiger partial charge in [0.25, 0.3) is 5.91 Å². The minimum Gasteiger partial charge on any atom is -0.488 e. The number of rotatable bonds is 9. The molecule has 7 heteroatoms. The second kappa shape index (κ2) is 12.0. The Kier molecular flexibility index (Phi) is 8.21. The number of ether oxygens (including phenoxy) is 2. The van der Waals surface area contributed by atoms with E-state index in [1.165, 1.54) is 7.11 Å². The summed E-state index contributed by atoms with van der Waals surface area (Å²) >= 11 is 3.71. The average molecular weight is 601 g/mol. The molecule has 1 heterocycles. The quantitative estimate of drug-likeness (QED) is 0.164. The minimum absolute atomic E-state index is 0.139. The Balaban J connectivity index is 1.34. The predicted octanol–water partition coefficient (Wildman–Crippen LogP) is 7.48. The van der Waals surface area contributed by atoms with Crippen molar-refractivity contribution in [3.63, 3.8) is 0 Å². The highest BCUT2D eigenvalue weighted by Crippen LogP contribution is 2.35. The molecule has 0 saturated heterocycles. The lowest BCUT2D eigenvalue weighted by Crippen LogP contribution is -2.26. The Labute approximate surface area is 241 Å². The Morgan fingerprint density at radius 2 is 1.68 bits per heavy atom. The van der Waals surface area contributed by atoms with Crippen LogP contribution in [-0.4, -0.2) is 37.0 Å². The van der Waals surface area contributed by atoms with Gasteiger partial charge < -0.3 is 18.8 Å². The van der Waals surface area contributed by atoms with Crippen molar-refractivity contribution in [2.24, 2.45) is 0 Å². The number of esters is 1. The maximum absolute atomic E-state index is 13.2. The summed E-state index contributed by atoms with van der Waals surface area (Å²) in [7, 11) is 3.16. The molecule has 5 aromatic rings. The second-order valence-electron chi connectivity index (χ2n) is 9.86. The van der Waals surface area contributed by atoms with Crippen molar-refractivity contribution in [3.05, 3.63) is 112 Å². The molecule has 0 bridgehead atoms. The highest BCUT2D eigenvalue weighted by atomic mass is 79.9. The van der Waals surface area contributed by atoms with Crippen LogP contribution in [0.3, 0.4) is 0 Å². The molecule has 4 aromatic carbocycles. The van der Waals surface area contributed by atoms with E-state index in [1.54, 1.807) is 11.9 Å². The van der Waals surface area contributed by atoms with Crippen LogP contribution in [0.5, 0.6) is 5.75 Å². The van der Waals surface area contributed by atoms with E-state index in [2.05, 4.69) is 22.0 Å². The van der Waals surface area contributed by atoms with Crippen molar-refractivity contribution in [1.82, 2.24) is 4.90 Å². The zero-order valence-corrected chi connectivity index (χ0v) is 24.2. The number of methoxy groups -OCH3 is 1. The fourth-order valence-corrected chi connectivity index (χ4v) is 5.48. The molecule has 1 amide bonds. The first-order valence-corrected chi connectivity index (χ1v) is 13.9. The Morgan fingerprint density at radius 1 is 0.925 bits per heavy atom. The van der Waals surface area contributed by atoms with Gasteiger partial charge in [0.05, 0.1) is 18.0 Å². The van der Waals surface area contributed by atoms with E-state index in [0.29, 0.717) is 30.1 Å². The summed E-state index contributed by atoms with van der Waals surface area (Å²) < 4.78 is 17.9. The van der Waals surface area contributed by atoms with Gasteiger partial charge >= 0.3 is 5.97 Å². The number of nitrogens with zero attached hydrogens (tertiary/aromatic N) is 1. The molecule has 0 radical (unpaired) electrons. The first kappa shape index (κ1) is 27.5. The van der Waals surface area contributed by atoms with Crippen LogP contribution in [0.2, 0.25) is 0 Å². The largest absolute Gasteiger partial charge is 0.488 e. The topological polar surface area (TPSA) is 69.0 Å². The average Bonchev–Trinajstić information content (AvgIpc) is 3.30. The molecule has 1 atom stereocenters. The van der Waals surface area contributed by atoms with Crippen molar-refractivity contribution < 1.29 is 23.5 Å². The standard InChI is InChI=1S/C33H30BrNO5/c1-21-26-11-7-8-12-28(26)40-32(21)33(37)35(2)20-23-13-15-27-24(17-23)14-16-29(31(27)34)39-25(19-30(36)38-3)18-22-9-5-4-6-10-22/h4-17,25H,18-20H2,1-3H3. The SMILES string of the molecule is COC(=O)CC(Cc1ccccc1)Oc1ccc2cc(CN(C)C(=O)c3oc4ccccc4c3C)ccc2c1Br. The molecule has 0 spiro atoms. The number of amides is 1. The molecular weight excluding hydrogens is 570 g/mol. The van der Waals surface area contributed by atoms with Crippen LogP contribution in [-0.2, 0) is 22.5 Å². The zero-order valence-electron chi connectivity index (χ0n) is 22.6. The molecule has 0 N–H and O–H groups in total. The monoisotopic (exact) mass is 599 g/mol. The molecule has 204 valence electrons. The van der Waals surface area contributed by atoms with Gasteiger partial charge in [0.2, 0.25) is 0 Å². The van der Waals surface area contributed by atoms with Crippen LogP contribution in [0, 0.1) is 6.92 Å². The van der Waals surface area contributed by atoms with Crippen LogP contribution in [0.1, 0.15) is 33.7 Å². The van der Waals surface area contributed by atoms with Crippen LogP contribution >= 0.6 is 15.9 Å². The van der Waals surface area contributed by atoms with Gasteiger partial charge in [-0.3, -0.25) is 9.59 Å². The molecule has 6 nitrogen and oxygen atoms in total. The molecule has 0 saturated carbocycles. The third-order valence-electron chi connectivity index (χ3n) is 7.01. The number of aryl methyl sites for hydroxylation is 1. The van der Waals surface area contributed by atoms with Gasteiger partial charge in [0.1, 0.15) is 17.4 Å². The molecule has 1 aromatic heterocycles. The van der Waals surface area contributed by atoms with Gasteiger partial charge in [-0.15, -0.1) is 0 Å². The van der Waals surface area contributed by atoms with Crippen molar-refractivity contribution in [1.29, 1.82) is 0 Å². The lowest BCUT2D eigenvalue weighted by Gasteiger charge is -2.20. The van der Waals surface area contributed by atoms with Crippen molar-refractivity contribution in [2.45, 2.75) is 32.4 Å². The molecule has 0 aliphatic heterocycles. The summed E-state index contributed by atoms with van der Waals surface area (Å²) in [6, 6.07) is 27.6. The molecule has 40 heavy (non-hydrogen) atoms. The van der Waals surface area contributed by atoms with E-state index >= 15 is 0 Å². The van der Waals surface area contributed by atoms with E-state index in [1.807, 2.05) is 85.8 Å². The maximum atomic E-state index is 13.2. The van der Waals surface area contributed by atoms with Gasteiger partial charge in [-0.1, -0.05) is 66.7 Å². The van der Waals surface area contributed by atoms with E-state index in [0.717, 1.165) is 37.3 Å². The number of benzene rings is 4. The molecule has 5 rings (SSSR count). The number of fused-ring (bicyclic) bond motifs is 2. The van der Waals surface area contributed by atoms with Crippen LogP contribution in [0.15, 0.2) is 93.8 Å². The summed E-state index contributed by atoms with van der Waals surface area (Å²) in [5, 5.41) is 2.93. The van der Waals surface area contributed by atoms with Crippen LogP contribution < -0.4 is 4.74 Å². The normalized spacial score (nSPS) is 11.9. The number of hydrogen-bond acceptors (Lipinski definition) is 5. The first-order valence-electron chi connectivity index (χ1n) is 13.1. The third kappa shape index (κ3) is 5.89. The molecule has 0 aliphatic rings. The highest BCUT2D eigenvalue weighted by Gasteiger charge is 2.22. The molecule has 1 unspecified atom stereocenters. The maximum Gasteiger partial charge on any atom is 0.309 e. The first-order chi connectivity index (χ1) is 19.3. The minimum atomic E-state index is -0.385. The number of carbonyl (C=O) groups is 2. The lowest BCUT2D eigenvalue weighted by molar-refractivity contribution is -0.142. The number of hydrogen-bond donors (Lipinski definition) is 0. The Bertz CT molecular complexity index is 1680. The Morgan fingerprint density at radius 3 is 2.42 bits per heavy atom. The second-order valence-corrected chi connectivity index (χ2v) is 10.6. The van der Waals surface area contributed by atoms with E-state index in [-0.39, 0.29) is 24.4 Å². The van der Waals surface area contributed by atoms with Gasteiger partial charge in [0.15, 0.2) is 5.76 Å². The highest BCUT2D eigenvalue weighted by molar-refractivity contribution is 9.10. The number of furan rings is 1. The summed E-state index contributed by atoms with van der Waals surface area (Å²) in [6.45, 7) is 2.34. The summed E-state index contributed by atoms with van der Waals surface area (Å²) in [5.41, 5.74) is 3.63. The molecular formula is C33H30BrNO5. The summed E-state index contributed by atoms with van der Waals surface area (Å²) in [4.78, 5) is 27.0. The predicted molar refractivity (Wildman–Crippen MR) is 160 cm³/mol. The summed E-state index contributed by atoms with van der Waals surface area (Å²) in [5.74, 6) is 0.538. The van der Waals surface area contributed by atoms with E-state index in [9.17, 15) is 9.59 Å². The molecule has 0 aliphatic carbocycles. The number of carbonyl (C=O) groups excluding carboxylic acids is 2. The van der Waals surface area contributed by atoms with Gasteiger partial charge in [0, 0.05) is 31.0 Å². The van der Waals surface area contributed by atoms with Gasteiger partial charge in [-0.2, -0.15) is 0 Å². The molecule has 0 fully saturated rings. The van der Waals surface area contributed by atoms with E-state index < -0.39 is 0 Å². The summed E-state index contributed by atoms with van der Waals surface area (Å²) in [6.07, 6.45) is 0.328. The zero-order chi connectivity index (χ0) is 28.2. The van der Waals surface area contributed by atoms with Crippen LogP contribution in [0.4, 0.5) is 0 Å². The van der Waals surface area contributed by atoms with Crippen molar-refractivity contribution in [2.75, 3.05) is 14.2 Å². The fourth-order valence-electron chi connectivity index (χ4n) is 4.89. The van der Waals surface area contributed by atoms with Gasteiger partial charge in [-0.25, -0.2) is 0 Å². The number of para-hydroxylation sites is 1. The van der Waals surface area contributed by atoms with Crippen molar-refractivity contribution >= 4 is 49.5 Å². The van der Waals surface area contributed by atoms with Gasteiger partial charge in [-0.05, 0) is 63.0 Å². The third-order valence-corrected chi connectivity index (χ3v) is 7.83. The van der Waals surface area contributed by atoms with E-state index in [4.69, 9.17) is 13.9 Å². The Hall–Kier alpha value is -4.10.